The molecule has 1 N–H and O–H groups in total. The molecule has 3 aromatic rings. The van der Waals surface area contributed by atoms with Gasteiger partial charge in [-0.15, -0.1) is 0 Å². The molecule has 0 fully saturated rings. The smallest absolute Gasteiger partial charge is 0.340 e. The minimum absolute atomic E-state index is 0.250. The topological polar surface area (TPSA) is 112 Å². The van der Waals surface area contributed by atoms with Gasteiger partial charge in [0.05, 0.1) is 11.3 Å². The Labute approximate surface area is 143 Å². The summed E-state index contributed by atoms with van der Waals surface area (Å²) < 4.78 is 11.7. The molecule has 3 rings (SSSR count). The largest absolute Gasteiger partial charge is 0.449 e. The lowest BCUT2D eigenvalue weighted by atomic mass is 10.2. The van der Waals surface area contributed by atoms with Crippen LogP contribution in [0.25, 0.3) is 11.0 Å². The van der Waals surface area contributed by atoms with Crippen LogP contribution in [-0.4, -0.2) is 37.9 Å². The predicted molar refractivity (Wildman–Crippen MR) is 88.0 cm³/mol. The summed E-state index contributed by atoms with van der Waals surface area (Å²) in [6, 6.07) is 3.22. The van der Waals surface area contributed by atoms with Gasteiger partial charge in [0.25, 0.3) is 5.91 Å². The standard InChI is InChI=1S/C16H17N5O4/c1-8-5-13(20-25-8)18-15(22)10(3)24-16(23)11-6-12-9(2)19-21(4)14(12)17-7-11/h5-7,10H,1-4H3,(H,18,20,22)/t10-/m0/s1. The van der Waals surface area contributed by atoms with E-state index in [1.165, 1.54) is 13.1 Å². The van der Waals surface area contributed by atoms with Gasteiger partial charge < -0.3 is 14.6 Å². The number of nitrogens with zero attached hydrogens (tertiary/aromatic N) is 4. The van der Waals surface area contributed by atoms with Crippen LogP contribution in [0.5, 0.6) is 0 Å². The summed E-state index contributed by atoms with van der Waals surface area (Å²) in [5.74, 6) is -0.324. The molecule has 0 aliphatic heterocycles. The normalized spacial score (nSPS) is 12.2. The second-order valence-electron chi connectivity index (χ2n) is 5.66. The number of hydrogen-bond acceptors (Lipinski definition) is 7. The summed E-state index contributed by atoms with van der Waals surface area (Å²) in [7, 11) is 1.78. The van der Waals surface area contributed by atoms with Gasteiger partial charge in [0.2, 0.25) is 0 Å². The molecule has 0 saturated carbocycles. The van der Waals surface area contributed by atoms with Crippen LogP contribution in [0.4, 0.5) is 5.82 Å². The van der Waals surface area contributed by atoms with Crippen molar-refractivity contribution in [2.75, 3.05) is 5.32 Å². The molecular formula is C16H17N5O4. The lowest BCUT2D eigenvalue weighted by Gasteiger charge is -2.12. The Morgan fingerprint density at radius 2 is 2.08 bits per heavy atom. The Bertz CT molecular complexity index is 959. The number of fused-ring (bicyclic) bond motifs is 1. The number of aryl methyl sites for hydroxylation is 3. The van der Waals surface area contributed by atoms with Gasteiger partial charge in [-0.2, -0.15) is 5.10 Å². The summed E-state index contributed by atoms with van der Waals surface area (Å²) in [5, 5.41) is 11.2. The Kier molecular flexibility index (Phi) is 4.22. The van der Waals surface area contributed by atoms with Gasteiger partial charge >= 0.3 is 5.97 Å². The van der Waals surface area contributed by atoms with Gasteiger partial charge in [-0.3, -0.25) is 9.48 Å². The van der Waals surface area contributed by atoms with E-state index >= 15 is 0 Å². The summed E-state index contributed by atoms with van der Waals surface area (Å²) in [6.07, 6.45) is 0.396. The van der Waals surface area contributed by atoms with E-state index in [9.17, 15) is 9.59 Å². The van der Waals surface area contributed by atoms with Crippen molar-refractivity contribution in [2.45, 2.75) is 26.9 Å². The van der Waals surface area contributed by atoms with Crippen LogP contribution in [0.2, 0.25) is 0 Å². The first-order chi connectivity index (χ1) is 11.8. The van der Waals surface area contributed by atoms with E-state index in [2.05, 4.69) is 20.6 Å². The molecule has 0 radical (unpaired) electrons. The highest BCUT2D eigenvalue weighted by atomic mass is 16.5. The highest BCUT2D eigenvalue weighted by Gasteiger charge is 2.21. The average molecular weight is 343 g/mol. The van der Waals surface area contributed by atoms with Crippen molar-refractivity contribution >= 4 is 28.7 Å². The van der Waals surface area contributed by atoms with Crippen molar-refractivity contribution in [1.29, 1.82) is 0 Å². The second-order valence-corrected chi connectivity index (χ2v) is 5.66. The fraction of sp³-hybridized carbons (Fsp3) is 0.312. The van der Waals surface area contributed by atoms with E-state index in [0.29, 0.717) is 11.4 Å². The van der Waals surface area contributed by atoms with Gasteiger partial charge in [0.1, 0.15) is 5.76 Å². The minimum Gasteiger partial charge on any atom is -0.449 e. The van der Waals surface area contributed by atoms with Gasteiger partial charge in [-0.1, -0.05) is 5.16 Å². The number of amides is 1. The molecule has 9 nitrogen and oxygen atoms in total. The number of rotatable bonds is 4. The third kappa shape index (κ3) is 3.35. The maximum Gasteiger partial charge on any atom is 0.340 e. The lowest BCUT2D eigenvalue weighted by Crippen LogP contribution is -2.30. The van der Waals surface area contributed by atoms with Crippen LogP contribution in [0.3, 0.4) is 0 Å². The van der Waals surface area contributed by atoms with Crippen LogP contribution in [-0.2, 0) is 16.6 Å². The number of carbonyl (C=O) groups excluding carboxylic acids is 2. The Morgan fingerprint density at radius 1 is 1.32 bits per heavy atom. The first-order valence-electron chi connectivity index (χ1n) is 7.59. The molecule has 0 aliphatic rings. The van der Waals surface area contributed by atoms with Gasteiger partial charge in [-0.25, -0.2) is 9.78 Å². The van der Waals surface area contributed by atoms with Crippen LogP contribution in [0.1, 0.15) is 28.7 Å². The summed E-state index contributed by atoms with van der Waals surface area (Å²) >= 11 is 0. The number of esters is 1. The number of aromatic nitrogens is 4. The molecule has 0 saturated heterocycles. The lowest BCUT2D eigenvalue weighted by molar-refractivity contribution is -0.123. The molecule has 130 valence electrons. The summed E-state index contributed by atoms with van der Waals surface area (Å²) in [5.41, 5.74) is 1.67. The highest BCUT2D eigenvalue weighted by Crippen LogP contribution is 2.17. The third-order valence-corrected chi connectivity index (χ3v) is 3.63. The molecule has 0 aromatic carbocycles. The molecule has 1 atom stereocenters. The van der Waals surface area contributed by atoms with Gasteiger partial charge in [0.15, 0.2) is 17.6 Å². The number of ether oxygens (including phenoxy) is 1. The van der Waals surface area contributed by atoms with Crippen molar-refractivity contribution in [3.63, 3.8) is 0 Å². The van der Waals surface area contributed by atoms with Crippen LogP contribution in [0, 0.1) is 13.8 Å². The zero-order valence-electron chi connectivity index (χ0n) is 14.2. The average Bonchev–Trinajstić information content (AvgIpc) is 3.10. The number of carbonyl (C=O) groups is 2. The van der Waals surface area contributed by atoms with Crippen LogP contribution >= 0.6 is 0 Å². The van der Waals surface area contributed by atoms with E-state index in [1.54, 1.807) is 30.8 Å². The Balaban J connectivity index is 1.70. The Hall–Kier alpha value is -3.23. The highest BCUT2D eigenvalue weighted by molar-refractivity contribution is 5.98. The molecule has 0 unspecified atom stereocenters. The number of nitrogens with one attached hydrogen (secondary N) is 1. The first-order valence-corrected chi connectivity index (χ1v) is 7.59. The fourth-order valence-corrected chi connectivity index (χ4v) is 2.35. The minimum atomic E-state index is -1.00. The predicted octanol–water partition coefficient (Wildman–Crippen LogP) is 1.76. The van der Waals surface area contributed by atoms with Crippen molar-refractivity contribution in [3.05, 3.63) is 35.3 Å². The first kappa shape index (κ1) is 16.6. The Morgan fingerprint density at radius 3 is 2.76 bits per heavy atom. The maximum absolute atomic E-state index is 12.3. The maximum atomic E-state index is 12.3. The van der Waals surface area contributed by atoms with Crippen molar-refractivity contribution in [1.82, 2.24) is 19.9 Å². The van der Waals surface area contributed by atoms with Crippen LogP contribution < -0.4 is 5.32 Å². The number of anilines is 1. The molecule has 3 aromatic heterocycles. The zero-order chi connectivity index (χ0) is 18.1. The van der Waals surface area contributed by atoms with E-state index in [-0.39, 0.29) is 11.4 Å². The molecule has 0 spiro atoms. The SMILES string of the molecule is Cc1cc(NC(=O)[C@H](C)OC(=O)c2cnc3c(c2)c(C)nn3C)no1. The molecular weight excluding hydrogens is 326 g/mol. The molecule has 9 heteroatoms. The molecule has 0 bridgehead atoms. The van der Waals surface area contributed by atoms with Crippen molar-refractivity contribution in [2.24, 2.45) is 7.05 Å². The molecule has 0 aliphatic carbocycles. The summed E-state index contributed by atoms with van der Waals surface area (Å²) in [4.78, 5) is 28.6. The van der Waals surface area contributed by atoms with E-state index in [0.717, 1.165) is 11.1 Å². The monoisotopic (exact) mass is 343 g/mol. The molecule has 25 heavy (non-hydrogen) atoms. The van der Waals surface area contributed by atoms with E-state index in [1.807, 2.05) is 6.92 Å². The molecule has 1 amide bonds. The molecule has 3 heterocycles. The second kappa shape index (κ2) is 6.34. The third-order valence-electron chi connectivity index (χ3n) is 3.63. The van der Waals surface area contributed by atoms with E-state index < -0.39 is 18.0 Å². The zero-order valence-corrected chi connectivity index (χ0v) is 14.2. The van der Waals surface area contributed by atoms with Gasteiger partial charge in [-0.05, 0) is 26.8 Å². The fourth-order valence-electron chi connectivity index (χ4n) is 2.35. The quantitative estimate of drug-likeness (QED) is 0.718. The van der Waals surface area contributed by atoms with E-state index in [4.69, 9.17) is 9.26 Å². The van der Waals surface area contributed by atoms with Gasteiger partial charge in [0, 0.05) is 24.7 Å². The number of hydrogen-bond donors (Lipinski definition) is 1. The summed E-state index contributed by atoms with van der Waals surface area (Å²) in [6.45, 7) is 5.01. The van der Waals surface area contributed by atoms with Crippen LogP contribution in [0.15, 0.2) is 22.9 Å². The van der Waals surface area contributed by atoms with Crippen molar-refractivity contribution in [3.8, 4) is 0 Å². The number of pyridine rings is 1. The van der Waals surface area contributed by atoms with Crippen molar-refractivity contribution < 1.29 is 18.8 Å².